The van der Waals surface area contributed by atoms with Crippen LogP contribution in [0.3, 0.4) is 0 Å². The molecule has 0 spiro atoms. The second kappa shape index (κ2) is 9.08. The second-order valence-electron chi connectivity index (χ2n) is 8.82. The zero-order valence-electron chi connectivity index (χ0n) is 17.2. The lowest BCUT2D eigenvalue weighted by Gasteiger charge is -2.32. The van der Waals surface area contributed by atoms with Crippen LogP contribution < -0.4 is 10.6 Å². The Morgan fingerprint density at radius 2 is 1.82 bits per heavy atom. The molecule has 0 aliphatic heterocycles. The van der Waals surface area contributed by atoms with E-state index in [4.69, 9.17) is 0 Å². The van der Waals surface area contributed by atoms with Crippen LogP contribution in [0.1, 0.15) is 75.3 Å². The van der Waals surface area contributed by atoms with Crippen LogP contribution in [0.4, 0.5) is 0 Å². The van der Waals surface area contributed by atoms with Crippen LogP contribution in [0.5, 0.6) is 0 Å². The third-order valence-corrected chi connectivity index (χ3v) is 6.60. The van der Waals surface area contributed by atoms with Crippen LogP contribution in [-0.4, -0.2) is 35.1 Å². The Labute approximate surface area is 168 Å². The van der Waals surface area contributed by atoms with Gasteiger partial charge in [-0.15, -0.1) is 0 Å². The predicted octanol–water partition coefficient (Wildman–Crippen LogP) is 3.19. The van der Waals surface area contributed by atoms with E-state index in [1.807, 2.05) is 38.1 Å². The van der Waals surface area contributed by atoms with E-state index in [0.29, 0.717) is 6.54 Å². The summed E-state index contributed by atoms with van der Waals surface area (Å²) in [5, 5.41) is 16.5. The van der Waals surface area contributed by atoms with Crippen LogP contribution in [0.2, 0.25) is 0 Å². The molecule has 0 aromatic heterocycles. The molecule has 1 aromatic carbocycles. The zero-order chi connectivity index (χ0) is 20.1. The maximum atomic E-state index is 12.9. The summed E-state index contributed by atoms with van der Waals surface area (Å²) in [6, 6.07) is 8.03. The van der Waals surface area contributed by atoms with Crippen LogP contribution in [0, 0.1) is 12.8 Å². The van der Waals surface area contributed by atoms with E-state index in [0.717, 1.165) is 62.5 Å². The molecule has 2 aliphatic rings. The van der Waals surface area contributed by atoms with Gasteiger partial charge in [-0.1, -0.05) is 55.5 Å². The molecule has 3 rings (SSSR count). The first kappa shape index (κ1) is 20.8. The molecule has 2 aliphatic carbocycles. The lowest BCUT2D eigenvalue weighted by atomic mass is 9.93. The van der Waals surface area contributed by atoms with Gasteiger partial charge in [0, 0.05) is 6.54 Å². The Balaban J connectivity index is 1.60. The number of hydrogen-bond acceptors (Lipinski definition) is 3. The summed E-state index contributed by atoms with van der Waals surface area (Å²) in [5.41, 5.74) is 1.74. The van der Waals surface area contributed by atoms with Crippen LogP contribution >= 0.6 is 0 Å². The number of aryl methyl sites for hydroxylation is 1. The maximum Gasteiger partial charge on any atom is 0.249 e. The lowest BCUT2D eigenvalue weighted by Crippen LogP contribution is -2.56. The predicted molar refractivity (Wildman–Crippen MR) is 110 cm³/mol. The number of carbonyl (C=O) groups excluding carboxylic acids is 2. The van der Waals surface area contributed by atoms with Gasteiger partial charge in [0.25, 0.3) is 0 Å². The van der Waals surface area contributed by atoms with Crippen molar-refractivity contribution in [2.45, 2.75) is 82.8 Å². The standard InChI is InChI=1S/C23H34N2O3/c1-16-8-7-11-19(14-16)17(2)21(27)25-23(12-5-6-13-23)15-24-22(28)20(26)18-9-3-4-10-18/h7-8,11,14,17-18,20,26H,3-6,9-10,12-13,15H2,1-2H3,(H,24,28)(H,25,27)/t17?,20-/m0/s1. The maximum absolute atomic E-state index is 12.9. The first-order valence-corrected chi connectivity index (χ1v) is 10.7. The first-order chi connectivity index (χ1) is 13.4. The van der Waals surface area contributed by atoms with Gasteiger partial charge in [-0.05, 0) is 51.0 Å². The number of hydrogen-bond donors (Lipinski definition) is 3. The Morgan fingerprint density at radius 1 is 1.14 bits per heavy atom. The van der Waals surface area contributed by atoms with Gasteiger partial charge in [-0.2, -0.15) is 0 Å². The molecule has 5 heteroatoms. The largest absolute Gasteiger partial charge is 0.383 e. The van der Waals surface area contributed by atoms with Gasteiger partial charge in [0.1, 0.15) is 6.10 Å². The highest BCUT2D eigenvalue weighted by Gasteiger charge is 2.38. The molecule has 3 N–H and O–H groups in total. The fourth-order valence-corrected chi connectivity index (χ4v) is 4.71. The molecule has 154 valence electrons. The lowest BCUT2D eigenvalue weighted by molar-refractivity contribution is -0.133. The summed E-state index contributed by atoms with van der Waals surface area (Å²) >= 11 is 0. The molecule has 2 fully saturated rings. The van der Waals surface area contributed by atoms with E-state index in [-0.39, 0.29) is 23.7 Å². The molecule has 0 radical (unpaired) electrons. The van der Waals surface area contributed by atoms with Crippen molar-refractivity contribution in [2.75, 3.05) is 6.54 Å². The Kier molecular flexibility index (Phi) is 6.76. The summed E-state index contributed by atoms with van der Waals surface area (Å²) in [6.07, 6.45) is 6.90. The van der Waals surface area contributed by atoms with Gasteiger partial charge in [-0.3, -0.25) is 9.59 Å². The van der Waals surface area contributed by atoms with E-state index in [2.05, 4.69) is 10.6 Å². The van der Waals surface area contributed by atoms with Gasteiger partial charge in [0.2, 0.25) is 11.8 Å². The molecule has 2 saturated carbocycles. The fraction of sp³-hybridized carbons (Fsp3) is 0.652. The third kappa shape index (κ3) is 4.93. The minimum absolute atomic E-state index is 0.00177. The summed E-state index contributed by atoms with van der Waals surface area (Å²) in [5.74, 6) is -0.454. The Bertz CT molecular complexity index is 691. The van der Waals surface area contributed by atoms with Crippen molar-refractivity contribution in [3.63, 3.8) is 0 Å². The number of aliphatic hydroxyl groups excluding tert-OH is 1. The summed E-state index contributed by atoms with van der Waals surface area (Å²) in [4.78, 5) is 25.4. The second-order valence-corrected chi connectivity index (χ2v) is 8.82. The van der Waals surface area contributed by atoms with Crippen molar-refractivity contribution in [3.05, 3.63) is 35.4 Å². The van der Waals surface area contributed by atoms with Crippen LogP contribution in [0.15, 0.2) is 24.3 Å². The van der Waals surface area contributed by atoms with Crippen molar-refractivity contribution in [1.82, 2.24) is 10.6 Å². The number of rotatable bonds is 7. The van der Waals surface area contributed by atoms with Crippen molar-refractivity contribution in [2.24, 2.45) is 5.92 Å². The van der Waals surface area contributed by atoms with Crippen molar-refractivity contribution < 1.29 is 14.7 Å². The quantitative estimate of drug-likeness (QED) is 0.673. The highest BCUT2D eigenvalue weighted by atomic mass is 16.3. The topological polar surface area (TPSA) is 78.4 Å². The van der Waals surface area contributed by atoms with Crippen molar-refractivity contribution >= 4 is 11.8 Å². The molecule has 1 unspecified atom stereocenters. The molecule has 2 atom stereocenters. The highest BCUT2D eigenvalue weighted by molar-refractivity contribution is 5.84. The highest BCUT2D eigenvalue weighted by Crippen LogP contribution is 2.31. The zero-order valence-corrected chi connectivity index (χ0v) is 17.2. The average Bonchev–Trinajstić information content (AvgIpc) is 3.37. The van der Waals surface area contributed by atoms with Gasteiger partial charge in [-0.25, -0.2) is 0 Å². The molecule has 0 saturated heterocycles. The summed E-state index contributed by atoms with van der Waals surface area (Å²) < 4.78 is 0. The number of nitrogens with one attached hydrogen (secondary N) is 2. The minimum atomic E-state index is -0.928. The van der Waals surface area contributed by atoms with Gasteiger partial charge < -0.3 is 15.7 Å². The molecule has 28 heavy (non-hydrogen) atoms. The SMILES string of the molecule is Cc1cccc(C(C)C(=O)NC2(CNC(=O)[C@@H](O)C3CCCC3)CCCC2)c1. The van der Waals surface area contributed by atoms with Gasteiger partial charge in [0.15, 0.2) is 0 Å². The van der Waals surface area contributed by atoms with E-state index < -0.39 is 11.6 Å². The average molecular weight is 387 g/mol. The number of aliphatic hydroxyl groups is 1. The molecule has 5 nitrogen and oxygen atoms in total. The summed E-state index contributed by atoms with van der Waals surface area (Å²) in [7, 11) is 0. The van der Waals surface area contributed by atoms with Crippen molar-refractivity contribution in [3.8, 4) is 0 Å². The normalized spacial score (nSPS) is 21.2. The van der Waals surface area contributed by atoms with Crippen LogP contribution in [-0.2, 0) is 9.59 Å². The Morgan fingerprint density at radius 3 is 2.46 bits per heavy atom. The number of benzene rings is 1. The van der Waals surface area contributed by atoms with Crippen LogP contribution in [0.25, 0.3) is 0 Å². The summed E-state index contributed by atoms with van der Waals surface area (Å²) in [6.45, 7) is 4.34. The third-order valence-electron chi connectivity index (χ3n) is 6.60. The molecule has 0 heterocycles. The molecule has 2 amide bonds. The van der Waals surface area contributed by atoms with Gasteiger partial charge >= 0.3 is 0 Å². The minimum Gasteiger partial charge on any atom is -0.383 e. The number of carbonyl (C=O) groups is 2. The molecular weight excluding hydrogens is 352 g/mol. The van der Waals surface area contributed by atoms with Crippen molar-refractivity contribution in [1.29, 1.82) is 0 Å². The fourth-order valence-electron chi connectivity index (χ4n) is 4.71. The number of amides is 2. The van der Waals surface area contributed by atoms with E-state index in [1.165, 1.54) is 0 Å². The first-order valence-electron chi connectivity index (χ1n) is 10.7. The molecular formula is C23H34N2O3. The van der Waals surface area contributed by atoms with E-state index in [9.17, 15) is 14.7 Å². The molecule has 0 bridgehead atoms. The smallest absolute Gasteiger partial charge is 0.249 e. The van der Waals surface area contributed by atoms with E-state index in [1.54, 1.807) is 0 Å². The molecule has 1 aromatic rings. The Hall–Kier alpha value is -1.88. The van der Waals surface area contributed by atoms with Gasteiger partial charge in [0.05, 0.1) is 11.5 Å². The monoisotopic (exact) mass is 386 g/mol. The van der Waals surface area contributed by atoms with E-state index >= 15 is 0 Å².